The Morgan fingerprint density at radius 1 is 1.57 bits per heavy atom. The van der Waals surface area contributed by atoms with Crippen molar-refractivity contribution < 1.29 is 14.8 Å². The monoisotopic (exact) mass is 314 g/mol. The maximum atomic E-state index is 11.2. The molecule has 21 heavy (non-hydrogen) atoms. The van der Waals surface area contributed by atoms with Crippen molar-refractivity contribution in [2.24, 2.45) is 5.41 Å². The van der Waals surface area contributed by atoms with E-state index in [9.17, 15) is 20.0 Å². The first-order valence-electron chi connectivity index (χ1n) is 6.49. The van der Waals surface area contributed by atoms with Gasteiger partial charge in [0.25, 0.3) is 0 Å². The molecule has 0 atom stereocenters. The average molecular weight is 315 g/mol. The van der Waals surface area contributed by atoms with Crippen LogP contribution in [0, 0.1) is 15.5 Å². The number of nitrogens with zero attached hydrogens (tertiary/aromatic N) is 3. The lowest BCUT2D eigenvalue weighted by Crippen LogP contribution is -2.37. The van der Waals surface area contributed by atoms with E-state index in [4.69, 9.17) is 11.6 Å². The molecular formula is C12H15ClN4O4. The zero-order valence-electron chi connectivity index (χ0n) is 11.4. The van der Waals surface area contributed by atoms with Gasteiger partial charge in [-0.1, -0.05) is 0 Å². The van der Waals surface area contributed by atoms with Gasteiger partial charge in [-0.05, 0) is 44.2 Å². The Balaban J connectivity index is 2.09. The van der Waals surface area contributed by atoms with Crippen LogP contribution in [0.4, 0.5) is 11.5 Å². The zero-order valence-corrected chi connectivity index (χ0v) is 12.1. The smallest absolute Gasteiger partial charge is 0.329 e. The molecule has 8 nitrogen and oxygen atoms in total. The number of nitrogens with one attached hydrogen (secondary N) is 1. The summed E-state index contributed by atoms with van der Waals surface area (Å²) in [6, 6.07) is -0.0675. The highest BCUT2D eigenvalue weighted by Gasteiger charge is 2.38. The van der Waals surface area contributed by atoms with Crippen molar-refractivity contribution in [3.8, 4) is 0 Å². The molecule has 1 aromatic heterocycles. The SMILES string of the molecule is CC1(C(=O)O)CCC(Nc2nc(Cl)ncc2[N+](=O)[O-])CC1. The van der Waals surface area contributed by atoms with Crippen molar-refractivity contribution in [2.45, 2.75) is 38.6 Å². The first-order chi connectivity index (χ1) is 9.82. The summed E-state index contributed by atoms with van der Waals surface area (Å²) in [5.74, 6) is -0.735. The molecule has 1 heterocycles. The number of aliphatic carboxylic acids is 1. The Bertz CT molecular complexity index is 572. The molecule has 0 radical (unpaired) electrons. The molecule has 1 fully saturated rings. The van der Waals surface area contributed by atoms with Crippen LogP contribution in [0.5, 0.6) is 0 Å². The maximum absolute atomic E-state index is 11.2. The first-order valence-corrected chi connectivity index (χ1v) is 6.86. The summed E-state index contributed by atoms with van der Waals surface area (Å²) in [7, 11) is 0. The minimum absolute atomic E-state index is 0.0675. The van der Waals surface area contributed by atoms with Gasteiger partial charge in [-0.2, -0.15) is 4.98 Å². The van der Waals surface area contributed by atoms with Gasteiger partial charge in [0.2, 0.25) is 11.1 Å². The van der Waals surface area contributed by atoms with Crippen LogP contribution in [0.3, 0.4) is 0 Å². The fraction of sp³-hybridized carbons (Fsp3) is 0.583. The van der Waals surface area contributed by atoms with Crippen molar-refractivity contribution in [3.05, 3.63) is 21.6 Å². The summed E-state index contributed by atoms with van der Waals surface area (Å²) < 4.78 is 0. The molecular weight excluding hydrogens is 300 g/mol. The van der Waals surface area contributed by atoms with E-state index in [0.717, 1.165) is 6.20 Å². The van der Waals surface area contributed by atoms with Gasteiger partial charge in [-0.25, -0.2) is 4.98 Å². The molecule has 1 aliphatic rings. The Labute approximate surface area is 125 Å². The van der Waals surface area contributed by atoms with Crippen molar-refractivity contribution in [1.29, 1.82) is 0 Å². The number of anilines is 1. The summed E-state index contributed by atoms with van der Waals surface area (Å²) in [6.07, 6.45) is 3.27. The molecule has 0 saturated heterocycles. The third kappa shape index (κ3) is 3.38. The van der Waals surface area contributed by atoms with Gasteiger partial charge in [0, 0.05) is 6.04 Å². The van der Waals surface area contributed by atoms with Crippen molar-refractivity contribution in [1.82, 2.24) is 9.97 Å². The van der Waals surface area contributed by atoms with Crippen LogP contribution < -0.4 is 5.32 Å². The first kappa shape index (κ1) is 15.4. The van der Waals surface area contributed by atoms with E-state index in [1.165, 1.54) is 0 Å². The molecule has 0 spiro atoms. The summed E-state index contributed by atoms with van der Waals surface area (Å²) in [6.45, 7) is 1.72. The van der Waals surface area contributed by atoms with Gasteiger partial charge in [0.05, 0.1) is 10.3 Å². The van der Waals surface area contributed by atoms with E-state index >= 15 is 0 Å². The lowest BCUT2D eigenvalue weighted by Gasteiger charge is -2.34. The number of carbonyl (C=O) groups is 1. The highest BCUT2D eigenvalue weighted by Crippen LogP contribution is 2.37. The van der Waals surface area contributed by atoms with Crippen LogP contribution in [0.15, 0.2) is 6.20 Å². The highest BCUT2D eigenvalue weighted by atomic mass is 35.5. The molecule has 9 heteroatoms. The average Bonchev–Trinajstić information content (AvgIpc) is 2.41. The van der Waals surface area contributed by atoms with Crippen LogP contribution in [0.2, 0.25) is 5.28 Å². The van der Waals surface area contributed by atoms with Gasteiger partial charge in [0.1, 0.15) is 6.20 Å². The number of carboxylic acid groups (broad SMARTS) is 1. The second kappa shape index (κ2) is 5.80. The van der Waals surface area contributed by atoms with E-state index < -0.39 is 16.3 Å². The van der Waals surface area contributed by atoms with Crippen LogP contribution in [-0.2, 0) is 4.79 Å². The van der Waals surface area contributed by atoms with Gasteiger partial charge in [-0.3, -0.25) is 14.9 Å². The van der Waals surface area contributed by atoms with Crippen LogP contribution in [-0.4, -0.2) is 32.0 Å². The van der Waals surface area contributed by atoms with E-state index in [1.54, 1.807) is 6.92 Å². The molecule has 0 aliphatic heterocycles. The predicted octanol–water partition coefficient (Wildman–Crippen LogP) is 2.48. The Morgan fingerprint density at radius 2 is 2.19 bits per heavy atom. The Morgan fingerprint density at radius 3 is 2.71 bits per heavy atom. The van der Waals surface area contributed by atoms with Gasteiger partial charge < -0.3 is 10.4 Å². The standard InChI is InChI=1S/C12H15ClN4O4/c1-12(10(18)19)4-2-7(3-5-12)15-9-8(17(20)21)6-14-11(13)16-9/h6-7H,2-5H2,1H3,(H,18,19)(H,14,15,16). The van der Waals surface area contributed by atoms with E-state index in [0.29, 0.717) is 25.7 Å². The van der Waals surface area contributed by atoms with Gasteiger partial charge in [-0.15, -0.1) is 0 Å². The van der Waals surface area contributed by atoms with Crippen LogP contribution in [0.1, 0.15) is 32.6 Å². The van der Waals surface area contributed by atoms with Crippen molar-refractivity contribution in [3.63, 3.8) is 0 Å². The number of rotatable bonds is 4. The third-order valence-electron chi connectivity index (χ3n) is 3.88. The Hall–Kier alpha value is -1.96. The lowest BCUT2D eigenvalue weighted by atomic mass is 9.74. The number of hydrogen-bond donors (Lipinski definition) is 2. The maximum Gasteiger partial charge on any atom is 0.329 e. The van der Waals surface area contributed by atoms with E-state index in [1.807, 2.05) is 0 Å². The van der Waals surface area contributed by atoms with Gasteiger partial charge >= 0.3 is 11.7 Å². The molecule has 0 amide bonds. The van der Waals surface area contributed by atoms with Gasteiger partial charge in [0.15, 0.2) is 0 Å². The molecule has 1 aliphatic carbocycles. The molecule has 0 unspecified atom stereocenters. The largest absolute Gasteiger partial charge is 0.481 e. The second-order valence-corrected chi connectivity index (χ2v) is 5.75. The third-order valence-corrected chi connectivity index (χ3v) is 4.07. The molecule has 2 N–H and O–H groups in total. The molecule has 1 aromatic rings. The predicted molar refractivity (Wildman–Crippen MR) is 75.3 cm³/mol. The fourth-order valence-corrected chi connectivity index (χ4v) is 2.53. The molecule has 1 saturated carbocycles. The zero-order chi connectivity index (χ0) is 15.6. The highest BCUT2D eigenvalue weighted by molar-refractivity contribution is 6.28. The number of carboxylic acids is 1. The van der Waals surface area contributed by atoms with Crippen molar-refractivity contribution in [2.75, 3.05) is 5.32 Å². The number of halogens is 1. The summed E-state index contributed by atoms with van der Waals surface area (Å²) >= 11 is 5.66. The van der Waals surface area contributed by atoms with E-state index in [-0.39, 0.29) is 22.8 Å². The number of nitro groups is 1. The summed E-state index contributed by atoms with van der Waals surface area (Å²) in [5, 5.41) is 23.0. The minimum Gasteiger partial charge on any atom is -0.481 e. The Kier molecular flexibility index (Phi) is 4.26. The van der Waals surface area contributed by atoms with Crippen LogP contribution in [0.25, 0.3) is 0 Å². The molecule has 2 rings (SSSR count). The molecule has 114 valence electrons. The summed E-state index contributed by atoms with van der Waals surface area (Å²) in [4.78, 5) is 29.0. The minimum atomic E-state index is -0.808. The normalized spacial score (nSPS) is 25.3. The lowest BCUT2D eigenvalue weighted by molar-refractivity contribution is -0.384. The number of hydrogen-bond acceptors (Lipinski definition) is 6. The van der Waals surface area contributed by atoms with Crippen molar-refractivity contribution >= 4 is 29.1 Å². The van der Waals surface area contributed by atoms with E-state index in [2.05, 4.69) is 15.3 Å². The molecule has 0 aromatic carbocycles. The quantitative estimate of drug-likeness (QED) is 0.498. The van der Waals surface area contributed by atoms with Crippen LogP contribution >= 0.6 is 11.6 Å². The number of aromatic nitrogens is 2. The fourth-order valence-electron chi connectivity index (χ4n) is 2.40. The second-order valence-electron chi connectivity index (χ2n) is 5.41. The summed E-state index contributed by atoms with van der Waals surface area (Å²) in [5.41, 5.74) is -0.973. The molecule has 0 bridgehead atoms. The topological polar surface area (TPSA) is 118 Å².